The highest BCUT2D eigenvalue weighted by atomic mass is 16.4. The molecular weight excluding hydrogens is 246 g/mol. The van der Waals surface area contributed by atoms with E-state index >= 15 is 0 Å². The molecule has 0 aromatic heterocycles. The smallest absolute Gasteiger partial charge is 0.330 e. The summed E-state index contributed by atoms with van der Waals surface area (Å²) in [6.07, 6.45) is 0.747. The first-order chi connectivity index (χ1) is 9.08. The molecule has 0 saturated carbocycles. The molecule has 4 N–H and O–H groups in total. The predicted octanol–water partition coefficient (Wildman–Crippen LogP) is 0.555. The maximum Gasteiger partial charge on any atom is 0.330 e. The summed E-state index contributed by atoms with van der Waals surface area (Å²) in [7, 11) is 0. The molecule has 1 heterocycles. The van der Waals surface area contributed by atoms with Gasteiger partial charge in [0, 0.05) is 19.1 Å². The van der Waals surface area contributed by atoms with Crippen LogP contribution in [0.5, 0.6) is 0 Å². The molecule has 1 fully saturated rings. The molecule has 0 radical (unpaired) electrons. The zero-order valence-corrected chi connectivity index (χ0v) is 10.5. The van der Waals surface area contributed by atoms with Crippen LogP contribution in [0.3, 0.4) is 0 Å². The van der Waals surface area contributed by atoms with Gasteiger partial charge in [0.25, 0.3) is 0 Å². The number of aliphatic carboxylic acids is 1. The minimum atomic E-state index is -1.08. The highest BCUT2D eigenvalue weighted by molar-refractivity contribution is 5.83. The molecule has 2 unspecified atom stereocenters. The second kappa shape index (κ2) is 5.71. The summed E-state index contributed by atoms with van der Waals surface area (Å²) in [5, 5.41) is 11.7. The maximum atomic E-state index is 12.0. The Kier molecular flexibility index (Phi) is 4.01. The van der Waals surface area contributed by atoms with Crippen molar-refractivity contribution in [3.05, 3.63) is 35.9 Å². The largest absolute Gasteiger partial charge is 0.479 e. The lowest BCUT2D eigenvalue weighted by atomic mass is 10.1. The molecule has 102 valence electrons. The number of nitrogens with one attached hydrogen (secondary N) is 1. The molecule has 1 aliphatic heterocycles. The zero-order valence-electron chi connectivity index (χ0n) is 10.5. The number of carboxylic acids is 1. The molecule has 6 heteroatoms. The van der Waals surface area contributed by atoms with Crippen molar-refractivity contribution in [3.8, 4) is 0 Å². The number of carbonyl (C=O) groups is 2. The van der Waals surface area contributed by atoms with Crippen LogP contribution in [-0.2, 0) is 4.79 Å². The minimum Gasteiger partial charge on any atom is -0.479 e. The van der Waals surface area contributed by atoms with Gasteiger partial charge in [-0.25, -0.2) is 9.59 Å². The van der Waals surface area contributed by atoms with Gasteiger partial charge in [0.15, 0.2) is 6.04 Å². The summed E-state index contributed by atoms with van der Waals surface area (Å²) in [5.41, 5.74) is 6.27. The molecule has 2 rings (SSSR count). The van der Waals surface area contributed by atoms with Crippen LogP contribution >= 0.6 is 0 Å². The lowest BCUT2D eigenvalue weighted by Gasteiger charge is -2.21. The van der Waals surface area contributed by atoms with Crippen LogP contribution in [0.15, 0.2) is 30.3 Å². The van der Waals surface area contributed by atoms with Crippen LogP contribution in [0.2, 0.25) is 0 Å². The molecule has 1 saturated heterocycles. The van der Waals surface area contributed by atoms with E-state index in [4.69, 9.17) is 5.73 Å². The SMILES string of the molecule is NC1CCN(C(=O)NC(C(=O)O)c2ccccc2)C1. The molecule has 1 aliphatic rings. The molecule has 1 aromatic carbocycles. The van der Waals surface area contributed by atoms with Crippen molar-refractivity contribution in [2.75, 3.05) is 13.1 Å². The van der Waals surface area contributed by atoms with Gasteiger partial charge in [-0.1, -0.05) is 30.3 Å². The highest BCUT2D eigenvalue weighted by Crippen LogP contribution is 2.14. The monoisotopic (exact) mass is 263 g/mol. The van der Waals surface area contributed by atoms with E-state index < -0.39 is 12.0 Å². The van der Waals surface area contributed by atoms with Crippen molar-refractivity contribution in [2.45, 2.75) is 18.5 Å². The van der Waals surface area contributed by atoms with Gasteiger partial charge in [-0.2, -0.15) is 0 Å². The number of hydrogen-bond acceptors (Lipinski definition) is 3. The van der Waals surface area contributed by atoms with Crippen LogP contribution in [0, 0.1) is 0 Å². The average molecular weight is 263 g/mol. The average Bonchev–Trinajstić information content (AvgIpc) is 2.83. The molecule has 6 nitrogen and oxygen atoms in total. The van der Waals surface area contributed by atoms with Crippen molar-refractivity contribution in [1.82, 2.24) is 10.2 Å². The summed E-state index contributed by atoms with van der Waals surface area (Å²) in [6, 6.07) is 7.18. The fourth-order valence-corrected chi connectivity index (χ4v) is 2.12. The number of carbonyl (C=O) groups excluding carboxylic acids is 1. The first-order valence-electron chi connectivity index (χ1n) is 6.16. The van der Waals surface area contributed by atoms with Crippen molar-refractivity contribution in [3.63, 3.8) is 0 Å². The summed E-state index contributed by atoms with van der Waals surface area (Å²) >= 11 is 0. The zero-order chi connectivity index (χ0) is 13.8. The van der Waals surface area contributed by atoms with Gasteiger partial charge in [0.1, 0.15) is 0 Å². The van der Waals surface area contributed by atoms with Gasteiger partial charge >= 0.3 is 12.0 Å². The van der Waals surface area contributed by atoms with E-state index in [1.165, 1.54) is 0 Å². The van der Waals surface area contributed by atoms with Gasteiger partial charge in [-0.05, 0) is 12.0 Å². The Labute approximate surface area is 111 Å². The van der Waals surface area contributed by atoms with Crippen LogP contribution in [0.4, 0.5) is 4.79 Å². The summed E-state index contributed by atoms with van der Waals surface area (Å²) in [5.74, 6) is -1.08. The van der Waals surface area contributed by atoms with E-state index in [0.29, 0.717) is 18.7 Å². The summed E-state index contributed by atoms with van der Waals surface area (Å²) in [4.78, 5) is 24.8. The van der Waals surface area contributed by atoms with E-state index in [-0.39, 0.29) is 12.1 Å². The highest BCUT2D eigenvalue weighted by Gasteiger charge is 2.28. The van der Waals surface area contributed by atoms with E-state index in [9.17, 15) is 14.7 Å². The number of hydrogen-bond donors (Lipinski definition) is 3. The van der Waals surface area contributed by atoms with Crippen LogP contribution in [0.25, 0.3) is 0 Å². The van der Waals surface area contributed by atoms with Crippen molar-refractivity contribution >= 4 is 12.0 Å². The van der Waals surface area contributed by atoms with Crippen LogP contribution in [-0.4, -0.2) is 41.1 Å². The lowest BCUT2D eigenvalue weighted by Crippen LogP contribution is -2.43. The van der Waals surface area contributed by atoms with Gasteiger partial charge in [-0.3, -0.25) is 0 Å². The fourth-order valence-electron chi connectivity index (χ4n) is 2.12. The number of nitrogens with two attached hydrogens (primary N) is 1. The van der Waals surface area contributed by atoms with Gasteiger partial charge in [0.05, 0.1) is 0 Å². The fraction of sp³-hybridized carbons (Fsp3) is 0.385. The molecule has 1 aromatic rings. The first kappa shape index (κ1) is 13.4. The third kappa shape index (κ3) is 3.23. The number of amides is 2. The topological polar surface area (TPSA) is 95.7 Å². The molecule has 19 heavy (non-hydrogen) atoms. The Morgan fingerprint density at radius 3 is 2.58 bits per heavy atom. The second-order valence-electron chi connectivity index (χ2n) is 4.63. The molecular formula is C13H17N3O3. The van der Waals surface area contributed by atoms with Crippen molar-refractivity contribution in [2.24, 2.45) is 5.73 Å². The van der Waals surface area contributed by atoms with E-state index in [1.807, 2.05) is 0 Å². The Morgan fingerprint density at radius 1 is 1.37 bits per heavy atom. The van der Waals surface area contributed by atoms with Crippen LogP contribution < -0.4 is 11.1 Å². The third-order valence-corrected chi connectivity index (χ3v) is 3.16. The van der Waals surface area contributed by atoms with Crippen molar-refractivity contribution < 1.29 is 14.7 Å². The van der Waals surface area contributed by atoms with Gasteiger partial charge in [-0.15, -0.1) is 0 Å². The van der Waals surface area contributed by atoms with Crippen LogP contribution in [0.1, 0.15) is 18.0 Å². The molecule has 0 spiro atoms. The number of nitrogens with zero attached hydrogens (tertiary/aromatic N) is 1. The normalized spacial score (nSPS) is 20.1. The lowest BCUT2D eigenvalue weighted by molar-refractivity contribution is -0.139. The third-order valence-electron chi connectivity index (χ3n) is 3.16. The molecule has 2 amide bonds. The van der Waals surface area contributed by atoms with Crippen molar-refractivity contribution in [1.29, 1.82) is 0 Å². The van der Waals surface area contributed by atoms with Gasteiger partial charge in [0.2, 0.25) is 0 Å². The first-order valence-corrected chi connectivity index (χ1v) is 6.16. The number of benzene rings is 1. The number of urea groups is 1. The minimum absolute atomic E-state index is 0.0225. The number of carboxylic acid groups (broad SMARTS) is 1. The summed E-state index contributed by atoms with van der Waals surface area (Å²) < 4.78 is 0. The maximum absolute atomic E-state index is 12.0. The Balaban J connectivity index is 2.05. The Hall–Kier alpha value is -2.08. The van der Waals surface area contributed by atoms with E-state index in [1.54, 1.807) is 35.2 Å². The Morgan fingerprint density at radius 2 is 2.05 bits per heavy atom. The molecule has 0 aliphatic carbocycles. The quantitative estimate of drug-likeness (QED) is 0.742. The predicted molar refractivity (Wildman–Crippen MR) is 69.5 cm³/mol. The molecule has 0 bridgehead atoms. The summed E-state index contributed by atoms with van der Waals surface area (Å²) in [6.45, 7) is 1.03. The number of likely N-dealkylation sites (tertiary alicyclic amines) is 1. The van der Waals surface area contributed by atoms with E-state index in [0.717, 1.165) is 6.42 Å². The standard InChI is InChI=1S/C13H17N3O3/c14-10-6-7-16(8-10)13(19)15-11(12(17)18)9-4-2-1-3-5-9/h1-5,10-11H,6-8,14H2,(H,15,19)(H,17,18). The Bertz CT molecular complexity index is 463. The number of rotatable bonds is 3. The van der Waals surface area contributed by atoms with E-state index in [2.05, 4.69) is 5.32 Å². The molecule has 2 atom stereocenters. The second-order valence-corrected chi connectivity index (χ2v) is 4.63. The van der Waals surface area contributed by atoms with Gasteiger partial charge < -0.3 is 21.1 Å².